The van der Waals surface area contributed by atoms with Gasteiger partial charge in [-0.2, -0.15) is 0 Å². The van der Waals surface area contributed by atoms with Gasteiger partial charge in [0.2, 0.25) is 0 Å². The monoisotopic (exact) mass is 278 g/mol. The van der Waals surface area contributed by atoms with Crippen LogP contribution in [0.5, 0.6) is 11.5 Å². The Morgan fingerprint density at radius 1 is 1.10 bits per heavy atom. The first-order valence-corrected chi connectivity index (χ1v) is 7.26. The Balaban J connectivity index is 2.66. The van der Waals surface area contributed by atoms with Gasteiger partial charge in [0, 0.05) is 0 Å². The molecule has 0 aliphatic heterocycles. The molecule has 0 N–H and O–H groups in total. The first-order valence-electron chi connectivity index (χ1n) is 7.26. The molecule has 0 fully saturated rings. The first-order chi connectivity index (χ1) is 9.25. The molecule has 0 heterocycles. The Morgan fingerprint density at radius 3 is 2.05 bits per heavy atom. The van der Waals surface area contributed by atoms with Gasteiger partial charge in [-0.25, -0.2) is 0 Å². The SMILES string of the molecule is CCC(C)(C)Oc1ccc(OC(=O)C(C)C(C)C)cc1. The van der Waals surface area contributed by atoms with Gasteiger partial charge in [0.15, 0.2) is 0 Å². The number of carbonyl (C=O) groups excluding carboxylic acids is 1. The van der Waals surface area contributed by atoms with Crippen LogP contribution in [0.4, 0.5) is 0 Å². The molecule has 3 nitrogen and oxygen atoms in total. The zero-order chi connectivity index (χ0) is 15.3. The van der Waals surface area contributed by atoms with E-state index < -0.39 is 0 Å². The molecule has 0 radical (unpaired) electrons. The maximum Gasteiger partial charge on any atom is 0.314 e. The minimum Gasteiger partial charge on any atom is -0.488 e. The predicted molar refractivity (Wildman–Crippen MR) is 81.1 cm³/mol. The van der Waals surface area contributed by atoms with E-state index in [1.807, 2.05) is 46.8 Å². The molecule has 1 unspecified atom stereocenters. The highest BCUT2D eigenvalue weighted by atomic mass is 16.5. The smallest absolute Gasteiger partial charge is 0.314 e. The van der Waals surface area contributed by atoms with E-state index in [-0.39, 0.29) is 23.4 Å². The van der Waals surface area contributed by atoms with Gasteiger partial charge >= 0.3 is 5.97 Å². The molecule has 0 aromatic heterocycles. The van der Waals surface area contributed by atoms with Crippen molar-refractivity contribution in [2.24, 2.45) is 11.8 Å². The minimum atomic E-state index is -0.192. The highest BCUT2D eigenvalue weighted by molar-refractivity contribution is 5.75. The van der Waals surface area contributed by atoms with Crippen molar-refractivity contribution >= 4 is 5.97 Å². The molecule has 1 atom stereocenters. The number of hydrogen-bond donors (Lipinski definition) is 0. The van der Waals surface area contributed by atoms with Crippen LogP contribution in [0.2, 0.25) is 0 Å². The maximum absolute atomic E-state index is 11.9. The molecule has 20 heavy (non-hydrogen) atoms. The summed E-state index contributed by atoms with van der Waals surface area (Å²) < 4.78 is 11.2. The number of carbonyl (C=O) groups is 1. The highest BCUT2D eigenvalue weighted by Gasteiger charge is 2.19. The summed E-state index contributed by atoms with van der Waals surface area (Å²) in [5.41, 5.74) is -0.190. The molecular formula is C17H26O3. The van der Waals surface area contributed by atoms with Gasteiger partial charge in [0.25, 0.3) is 0 Å². The third kappa shape index (κ3) is 4.87. The lowest BCUT2D eigenvalue weighted by atomic mass is 9.99. The van der Waals surface area contributed by atoms with Crippen molar-refractivity contribution in [3.05, 3.63) is 24.3 Å². The molecule has 0 bridgehead atoms. The van der Waals surface area contributed by atoms with Gasteiger partial charge in [-0.3, -0.25) is 4.79 Å². The lowest BCUT2D eigenvalue weighted by Crippen LogP contribution is -2.26. The largest absolute Gasteiger partial charge is 0.488 e. The summed E-state index contributed by atoms with van der Waals surface area (Å²) in [6.45, 7) is 12.1. The van der Waals surface area contributed by atoms with Crippen LogP contribution < -0.4 is 9.47 Å². The van der Waals surface area contributed by atoms with Crippen LogP contribution in [0.25, 0.3) is 0 Å². The Morgan fingerprint density at radius 2 is 1.60 bits per heavy atom. The van der Waals surface area contributed by atoms with Crippen LogP contribution in [-0.4, -0.2) is 11.6 Å². The van der Waals surface area contributed by atoms with Crippen LogP contribution in [0, 0.1) is 11.8 Å². The molecule has 112 valence electrons. The number of hydrogen-bond acceptors (Lipinski definition) is 3. The van der Waals surface area contributed by atoms with E-state index in [0.29, 0.717) is 5.75 Å². The number of esters is 1. The molecule has 0 aliphatic rings. The van der Waals surface area contributed by atoms with E-state index >= 15 is 0 Å². The fraction of sp³-hybridized carbons (Fsp3) is 0.588. The van der Waals surface area contributed by atoms with Crippen LogP contribution in [0.15, 0.2) is 24.3 Å². The second kappa shape index (κ2) is 6.78. The summed E-state index contributed by atoms with van der Waals surface area (Å²) >= 11 is 0. The first kappa shape index (κ1) is 16.5. The van der Waals surface area contributed by atoms with Crippen LogP contribution in [0.1, 0.15) is 48.0 Å². The van der Waals surface area contributed by atoms with E-state index in [1.165, 1.54) is 0 Å². The Kier molecular flexibility index (Phi) is 5.61. The van der Waals surface area contributed by atoms with Crippen molar-refractivity contribution in [1.29, 1.82) is 0 Å². The summed E-state index contributed by atoms with van der Waals surface area (Å²) in [5.74, 6) is 1.32. The fourth-order valence-electron chi connectivity index (χ4n) is 1.45. The molecule has 0 saturated carbocycles. The van der Waals surface area contributed by atoms with E-state index in [1.54, 1.807) is 12.1 Å². The van der Waals surface area contributed by atoms with Crippen molar-refractivity contribution < 1.29 is 14.3 Å². The van der Waals surface area contributed by atoms with E-state index in [4.69, 9.17) is 9.47 Å². The molecule has 1 rings (SSSR count). The van der Waals surface area contributed by atoms with Gasteiger partial charge in [-0.15, -0.1) is 0 Å². The van der Waals surface area contributed by atoms with Crippen LogP contribution in [0.3, 0.4) is 0 Å². The van der Waals surface area contributed by atoms with Crippen molar-refractivity contribution in [2.45, 2.75) is 53.6 Å². The Labute approximate surface area is 122 Å². The van der Waals surface area contributed by atoms with Crippen LogP contribution >= 0.6 is 0 Å². The lowest BCUT2D eigenvalue weighted by molar-refractivity contribution is -0.139. The third-order valence-corrected chi connectivity index (χ3v) is 3.66. The van der Waals surface area contributed by atoms with E-state index in [9.17, 15) is 4.79 Å². The van der Waals surface area contributed by atoms with Gasteiger partial charge in [0.05, 0.1) is 5.92 Å². The number of benzene rings is 1. The second-order valence-corrected chi connectivity index (χ2v) is 6.14. The lowest BCUT2D eigenvalue weighted by Gasteiger charge is -2.24. The molecular weight excluding hydrogens is 252 g/mol. The van der Waals surface area contributed by atoms with Gasteiger partial charge < -0.3 is 9.47 Å². The zero-order valence-electron chi connectivity index (χ0n) is 13.4. The summed E-state index contributed by atoms with van der Waals surface area (Å²) in [5, 5.41) is 0. The average Bonchev–Trinajstić information content (AvgIpc) is 2.39. The summed E-state index contributed by atoms with van der Waals surface area (Å²) in [6.07, 6.45) is 0.926. The van der Waals surface area contributed by atoms with E-state index in [0.717, 1.165) is 12.2 Å². The Bertz CT molecular complexity index is 432. The summed E-state index contributed by atoms with van der Waals surface area (Å²) in [4.78, 5) is 11.9. The second-order valence-electron chi connectivity index (χ2n) is 6.14. The van der Waals surface area contributed by atoms with Gasteiger partial charge in [0.1, 0.15) is 17.1 Å². The highest BCUT2D eigenvalue weighted by Crippen LogP contribution is 2.24. The standard InChI is InChI=1S/C17H26O3/c1-7-17(5,6)20-15-10-8-14(9-11-15)19-16(18)13(4)12(2)3/h8-13H,7H2,1-6H3. The summed E-state index contributed by atoms with van der Waals surface area (Å²) in [6, 6.07) is 7.21. The average molecular weight is 278 g/mol. The minimum absolute atomic E-state index is 0.107. The van der Waals surface area contributed by atoms with Crippen molar-refractivity contribution in [1.82, 2.24) is 0 Å². The molecule has 0 saturated heterocycles. The topological polar surface area (TPSA) is 35.5 Å². The number of rotatable bonds is 6. The molecule has 0 amide bonds. The fourth-order valence-corrected chi connectivity index (χ4v) is 1.45. The van der Waals surface area contributed by atoms with Gasteiger partial charge in [-0.1, -0.05) is 27.7 Å². The molecule has 1 aromatic carbocycles. The molecule has 0 aliphatic carbocycles. The summed E-state index contributed by atoms with van der Waals surface area (Å²) in [7, 11) is 0. The van der Waals surface area contributed by atoms with E-state index in [2.05, 4.69) is 6.92 Å². The molecule has 3 heteroatoms. The van der Waals surface area contributed by atoms with Crippen molar-refractivity contribution in [3.8, 4) is 11.5 Å². The van der Waals surface area contributed by atoms with Crippen LogP contribution in [-0.2, 0) is 4.79 Å². The van der Waals surface area contributed by atoms with Crippen molar-refractivity contribution in [2.75, 3.05) is 0 Å². The van der Waals surface area contributed by atoms with Gasteiger partial charge in [-0.05, 0) is 50.5 Å². The zero-order valence-corrected chi connectivity index (χ0v) is 13.4. The number of ether oxygens (including phenoxy) is 2. The third-order valence-electron chi connectivity index (χ3n) is 3.66. The maximum atomic E-state index is 11.9. The Hall–Kier alpha value is -1.51. The predicted octanol–water partition coefficient (Wildman–Crippen LogP) is 4.45. The normalized spacial score (nSPS) is 13.2. The quantitative estimate of drug-likeness (QED) is 0.569. The molecule has 0 spiro atoms. The molecule has 1 aromatic rings. The van der Waals surface area contributed by atoms with Crippen molar-refractivity contribution in [3.63, 3.8) is 0 Å².